The van der Waals surface area contributed by atoms with Crippen LogP contribution in [0.3, 0.4) is 0 Å². The molecular weight excluding hydrogens is 454 g/mol. The highest BCUT2D eigenvalue weighted by Crippen LogP contribution is 2.38. The van der Waals surface area contributed by atoms with Crippen LogP contribution < -0.4 is 0 Å². The van der Waals surface area contributed by atoms with Crippen LogP contribution in [0.15, 0.2) is 66.9 Å². The van der Waals surface area contributed by atoms with Gasteiger partial charge in [-0.2, -0.15) is 0 Å². The van der Waals surface area contributed by atoms with Crippen LogP contribution in [0, 0.1) is 6.92 Å². The zero-order chi connectivity index (χ0) is 24.6. The van der Waals surface area contributed by atoms with E-state index in [0.717, 1.165) is 35.2 Å². The number of pyridine rings is 1. The minimum absolute atomic E-state index is 0.0722. The van der Waals surface area contributed by atoms with Gasteiger partial charge in [0, 0.05) is 41.4 Å². The van der Waals surface area contributed by atoms with E-state index >= 15 is 0 Å². The molecule has 2 aromatic carbocycles. The minimum atomic E-state index is -3.30. The van der Waals surface area contributed by atoms with E-state index in [4.69, 9.17) is 0 Å². The first-order valence-corrected chi connectivity index (χ1v) is 14.0. The Bertz CT molecular complexity index is 1430. The van der Waals surface area contributed by atoms with Gasteiger partial charge in [0.2, 0.25) is 10.0 Å². The second-order valence-corrected chi connectivity index (χ2v) is 11.9. The Kier molecular flexibility index (Phi) is 6.51. The van der Waals surface area contributed by atoms with E-state index in [9.17, 15) is 8.42 Å². The second-order valence-electron chi connectivity index (χ2n) is 9.97. The molecule has 0 amide bonds. The summed E-state index contributed by atoms with van der Waals surface area (Å²) in [6, 6.07) is 20.4. The molecular formula is C29H33N3O2S. The van der Waals surface area contributed by atoms with E-state index in [2.05, 4.69) is 54.1 Å². The third-order valence-electron chi connectivity index (χ3n) is 7.14. The number of rotatable bonds is 6. The van der Waals surface area contributed by atoms with Crippen molar-refractivity contribution in [1.29, 1.82) is 0 Å². The highest BCUT2D eigenvalue weighted by atomic mass is 32.2. The van der Waals surface area contributed by atoms with Crippen LogP contribution in [0.1, 0.15) is 60.9 Å². The van der Waals surface area contributed by atoms with E-state index in [-0.39, 0.29) is 5.75 Å². The van der Waals surface area contributed by atoms with E-state index in [0.29, 0.717) is 24.9 Å². The van der Waals surface area contributed by atoms with Crippen LogP contribution in [0.25, 0.3) is 22.2 Å². The Morgan fingerprint density at radius 3 is 2.46 bits per heavy atom. The average Bonchev–Trinajstić information content (AvgIpc) is 3.24. The standard InChI is InChI=1S/C29H33N3O2S/c1-20(2)28-26-18-24(9-10-27(26)31-29(28)25-11-14-30-21(3)17-25)23-12-15-32(16-13-23)35(33,34)19-22-7-5-4-6-8-22/h4-11,14,17-18,20,23,31H,12-13,15-16,19H2,1-3H3. The maximum atomic E-state index is 13.0. The molecule has 1 aliphatic rings. The van der Waals surface area contributed by atoms with Gasteiger partial charge >= 0.3 is 0 Å². The van der Waals surface area contributed by atoms with Gasteiger partial charge in [0.1, 0.15) is 0 Å². The third kappa shape index (κ3) is 4.91. The summed E-state index contributed by atoms with van der Waals surface area (Å²) in [6.45, 7) is 7.64. The summed E-state index contributed by atoms with van der Waals surface area (Å²) in [4.78, 5) is 8.01. The molecule has 35 heavy (non-hydrogen) atoms. The van der Waals surface area contributed by atoms with Crippen molar-refractivity contribution in [2.45, 2.75) is 51.2 Å². The highest BCUT2D eigenvalue weighted by Gasteiger charge is 2.29. The third-order valence-corrected chi connectivity index (χ3v) is 8.99. The number of hydrogen-bond donors (Lipinski definition) is 1. The van der Waals surface area contributed by atoms with Crippen LogP contribution in [0.4, 0.5) is 0 Å². The first kappa shape index (κ1) is 23.8. The van der Waals surface area contributed by atoms with Gasteiger partial charge in [-0.05, 0) is 72.6 Å². The van der Waals surface area contributed by atoms with Crippen molar-refractivity contribution in [2.24, 2.45) is 0 Å². The molecule has 2 aromatic heterocycles. The van der Waals surface area contributed by atoms with Crippen molar-refractivity contribution in [1.82, 2.24) is 14.3 Å². The number of piperidine rings is 1. The van der Waals surface area contributed by atoms with Crippen LogP contribution >= 0.6 is 0 Å². The largest absolute Gasteiger partial charge is 0.354 e. The lowest BCUT2D eigenvalue weighted by Gasteiger charge is -2.31. The first-order chi connectivity index (χ1) is 16.8. The Morgan fingerprint density at radius 2 is 1.77 bits per heavy atom. The highest BCUT2D eigenvalue weighted by molar-refractivity contribution is 7.88. The Labute approximate surface area is 208 Å². The summed E-state index contributed by atoms with van der Waals surface area (Å²) < 4.78 is 27.6. The van der Waals surface area contributed by atoms with Crippen molar-refractivity contribution >= 4 is 20.9 Å². The van der Waals surface area contributed by atoms with Crippen LogP contribution in [-0.4, -0.2) is 35.8 Å². The van der Waals surface area contributed by atoms with Gasteiger partial charge in [0.25, 0.3) is 0 Å². The van der Waals surface area contributed by atoms with E-state index in [1.54, 1.807) is 4.31 Å². The molecule has 5 nitrogen and oxygen atoms in total. The number of nitrogens with zero attached hydrogens (tertiary/aromatic N) is 2. The van der Waals surface area contributed by atoms with Gasteiger partial charge < -0.3 is 4.98 Å². The Hall–Kier alpha value is -2.96. The summed E-state index contributed by atoms with van der Waals surface area (Å²) >= 11 is 0. The molecule has 3 heterocycles. The normalized spacial score (nSPS) is 15.8. The molecule has 6 heteroatoms. The zero-order valence-corrected chi connectivity index (χ0v) is 21.5. The average molecular weight is 488 g/mol. The van der Waals surface area contributed by atoms with E-state index in [1.807, 2.05) is 43.5 Å². The lowest BCUT2D eigenvalue weighted by atomic mass is 9.88. The summed E-state index contributed by atoms with van der Waals surface area (Å²) in [5.74, 6) is 0.805. The molecule has 4 aromatic rings. The monoisotopic (exact) mass is 487 g/mol. The number of hydrogen-bond acceptors (Lipinski definition) is 3. The molecule has 0 spiro atoms. The van der Waals surface area contributed by atoms with Gasteiger partial charge in [-0.3, -0.25) is 4.98 Å². The number of aryl methyl sites for hydroxylation is 1. The number of benzene rings is 2. The molecule has 5 rings (SSSR count). The molecule has 1 aliphatic heterocycles. The van der Waals surface area contributed by atoms with Crippen LogP contribution in [0.2, 0.25) is 0 Å². The molecule has 0 aliphatic carbocycles. The topological polar surface area (TPSA) is 66.1 Å². The first-order valence-electron chi connectivity index (χ1n) is 12.4. The number of sulfonamides is 1. The number of aromatic amines is 1. The summed E-state index contributed by atoms with van der Waals surface area (Å²) in [5.41, 5.74) is 7.95. The maximum Gasteiger partial charge on any atom is 0.218 e. The van der Waals surface area contributed by atoms with Gasteiger partial charge in [-0.1, -0.05) is 50.2 Å². The molecule has 0 unspecified atom stereocenters. The predicted molar refractivity (Wildman–Crippen MR) is 143 cm³/mol. The fraction of sp³-hybridized carbons (Fsp3) is 0.345. The quantitative estimate of drug-likeness (QED) is 0.344. The number of fused-ring (bicyclic) bond motifs is 1. The fourth-order valence-electron chi connectivity index (χ4n) is 5.36. The summed E-state index contributed by atoms with van der Waals surface area (Å²) in [7, 11) is -3.30. The molecule has 1 saturated heterocycles. The summed E-state index contributed by atoms with van der Waals surface area (Å²) in [5, 5.41) is 1.26. The van der Waals surface area contributed by atoms with Gasteiger partial charge in [0.15, 0.2) is 0 Å². The molecule has 0 saturated carbocycles. The van der Waals surface area contributed by atoms with Gasteiger partial charge in [-0.25, -0.2) is 12.7 Å². The summed E-state index contributed by atoms with van der Waals surface area (Å²) in [6.07, 6.45) is 3.56. The Morgan fingerprint density at radius 1 is 1.03 bits per heavy atom. The predicted octanol–water partition coefficient (Wildman–Crippen LogP) is 6.37. The van der Waals surface area contributed by atoms with Crippen molar-refractivity contribution in [2.75, 3.05) is 13.1 Å². The molecule has 0 atom stereocenters. The smallest absolute Gasteiger partial charge is 0.218 e. The molecule has 182 valence electrons. The van der Waals surface area contributed by atoms with Crippen LogP contribution in [-0.2, 0) is 15.8 Å². The SMILES string of the molecule is Cc1cc(-c2[nH]c3ccc(C4CCN(S(=O)(=O)Cc5ccccc5)CC4)cc3c2C(C)C)ccn1. The Balaban J connectivity index is 1.38. The number of aromatic nitrogens is 2. The molecule has 1 N–H and O–H groups in total. The lowest BCUT2D eigenvalue weighted by Crippen LogP contribution is -2.38. The minimum Gasteiger partial charge on any atom is -0.354 e. The fourth-order valence-corrected chi connectivity index (χ4v) is 6.92. The van der Waals surface area contributed by atoms with Crippen molar-refractivity contribution < 1.29 is 8.42 Å². The van der Waals surface area contributed by atoms with Crippen LogP contribution in [0.5, 0.6) is 0 Å². The molecule has 0 radical (unpaired) electrons. The number of H-pyrrole nitrogens is 1. The van der Waals surface area contributed by atoms with Crippen molar-refractivity contribution in [3.63, 3.8) is 0 Å². The van der Waals surface area contributed by atoms with Crippen molar-refractivity contribution in [3.8, 4) is 11.3 Å². The van der Waals surface area contributed by atoms with E-state index < -0.39 is 10.0 Å². The second kappa shape index (κ2) is 9.59. The van der Waals surface area contributed by atoms with E-state index in [1.165, 1.54) is 22.2 Å². The lowest BCUT2D eigenvalue weighted by molar-refractivity contribution is 0.319. The zero-order valence-electron chi connectivity index (χ0n) is 20.7. The molecule has 0 bridgehead atoms. The number of nitrogens with one attached hydrogen (secondary N) is 1. The van der Waals surface area contributed by atoms with Gasteiger partial charge in [0.05, 0.1) is 11.4 Å². The molecule has 1 fully saturated rings. The maximum absolute atomic E-state index is 13.0. The van der Waals surface area contributed by atoms with Gasteiger partial charge in [-0.15, -0.1) is 0 Å². The van der Waals surface area contributed by atoms with Crippen molar-refractivity contribution in [3.05, 3.63) is 89.2 Å².